The quantitative estimate of drug-likeness (QED) is 0.373. The summed E-state index contributed by atoms with van der Waals surface area (Å²) in [5.41, 5.74) is 5.10. The zero-order valence-electron chi connectivity index (χ0n) is 18.4. The molecule has 176 valence electrons. The van der Waals surface area contributed by atoms with Crippen LogP contribution in [0.4, 0.5) is 0 Å². The maximum Gasteiger partial charge on any atom is 0.273 e. The topological polar surface area (TPSA) is 110 Å². The van der Waals surface area contributed by atoms with Crippen LogP contribution in [0.5, 0.6) is 11.5 Å². The molecule has 2 aromatic carbocycles. The first kappa shape index (κ1) is 22.9. The van der Waals surface area contributed by atoms with E-state index in [1.807, 2.05) is 30.3 Å². The molecule has 1 saturated heterocycles. The molecule has 0 aliphatic carbocycles. The van der Waals surface area contributed by atoms with Crippen molar-refractivity contribution in [3.63, 3.8) is 0 Å². The van der Waals surface area contributed by atoms with Gasteiger partial charge < -0.3 is 18.8 Å². The van der Waals surface area contributed by atoms with Crippen LogP contribution in [0, 0.1) is 5.92 Å². The fraction of sp³-hybridized carbons (Fsp3) is 0.240. The molecule has 0 spiro atoms. The van der Waals surface area contributed by atoms with Gasteiger partial charge in [0.05, 0.1) is 24.3 Å². The van der Waals surface area contributed by atoms with Crippen molar-refractivity contribution in [1.29, 1.82) is 0 Å². The lowest BCUT2D eigenvalue weighted by atomic mass is 10.1. The van der Waals surface area contributed by atoms with Gasteiger partial charge in [-0.3, -0.25) is 25.2 Å². The van der Waals surface area contributed by atoms with Crippen LogP contribution in [0.3, 0.4) is 0 Å². The van der Waals surface area contributed by atoms with Crippen molar-refractivity contribution in [1.82, 2.24) is 15.8 Å². The van der Waals surface area contributed by atoms with E-state index in [1.165, 1.54) is 6.26 Å². The van der Waals surface area contributed by atoms with E-state index in [1.54, 1.807) is 41.3 Å². The van der Waals surface area contributed by atoms with Crippen LogP contribution in [0.25, 0.3) is 0 Å². The third kappa shape index (κ3) is 5.94. The summed E-state index contributed by atoms with van der Waals surface area (Å²) in [4.78, 5) is 39.0. The number of hydrogen-bond acceptors (Lipinski definition) is 6. The number of amides is 3. The molecule has 9 heteroatoms. The molecule has 0 saturated carbocycles. The van der Waals surface area contributed by atoms with Crippen molar-refractivity contribution in [2.24, 2.45) is 5.92 Å². The summed E-state index contributed by atoms with van der Waals surface area (Å²) in [7, 11) is 0. The van der Waals surface area contributed by atoms with Gasteiger partial charge in [-0.2, -0.15) is 0 Å². The highest BCUT2D eigenvalue weighted by Gasteiger charge is 2.34. The minimum absolute atomic E-state index is 0.0729. The number of carbonyl (C=O) groups is 3. The summed E-state index contributed by atoms with van der Waals surface area (Å²) in [6.45, 7) is 1.10. The molecule has 34 heavy (non-hydrogen) atoms. The van der Waals surface area contributed by atoms with E-state index in [2.05, 4.69) is 10.9 Å². The number of furan rings is 1. The molecule has 4 rings (SSSR count). The van der Waals surface area contributed by atoms with Gasteiger partial charge in [0.15, 0.2) is 0 Å². The van der Waals surface area contributed by atoms with E-state index in [-0.39, 0.29) is 31.0 Å². The molecule has 2 heterocycles. The Labute approximate surface area is 196 Å². The largest absolute Gasteiger partial charge is 0.490 e. The van der Waals surface area contributed by atoms with Gasteiger partial charge in [-0.1, -0.05) is 30.3 Å². The van der Waals surface area contributed by atoms with Gasteiger partial charge in [0, 0.05) is 13.0 Å². The highest BCUT2D eigenvalue weighted by molar-refractivity contribution is 5.98. The first-order valence-electron chi connectivity index (χ1n) is 10.9. The monoisotopic (exact) mass is 463 g/mol. The van der Waals surface area contributed by atoms with Gasteiger partial charge in [-0.15, -0.1) is 0 Å². The Kier molecular flexibility index (Phi) is 7.44. The molecule has 1 fully saturated rings. The molecule has 0 bridgehead atoms. The molecular weight excluding hydrogens is 438 g/mol. The maximum absolute atomic E-state index is 12.7. The normalized spacial score (nSPS) is 15.1. The van der Waals surface area contributed by atoms with Crippen molar-refractivity contribution in [3.05, 3.63) is 84.3 Å². The van der Waals surface area contributed by atoms with E-state index in [9.17, 15) is 14.4 Å². The van der Waals surface area contributed by atoms with Gasteiger partial charge in [-0.25, -0.2) is 0 Å². The number of likely N-dealkylation sites (tertiary alicyclic amines) is 1. The number of carbonyl (C=O) groups excluding carboxylic acids is 3. The first-order valence-corrected chi connectivity index (χ1v) is 10.9. The average molecular weight is 463 g/mol. The summed E-state index contributed by atoms with van der Waals surface area (Å²) in [5, 5.41) is 0. The van der Waals surface area contributed by atoms with E-state index >= 15 is 0 Å². The van der Waals surface area contributed by atoms with Crippen molar-refractivity contribution >= 4 is 17.7 Å². The lowest BCUT2D eigenvalue weighted by Crippen LogP contribution is -2.45. The Balaban J connectivity index is 1.25. The number of ether oxygens (including phenoxy) is 2. The second-order valence-corrected chi connectivity index (χ2v) is 7.70. The van der Waals surface area contributed by atoms with Crippen LogP contribution < -0.4 is 20.3 Å². The Morgan fingerprint density at radius 2 is 1.71 bits per heavy atom. The number of benzene rings is 2. The zero-order chi connectivity index (χ0) is 23.8. The van der Waals surface area contributed by atoms with Crippen molar-refractivity contribution in [2.75, 3.05) is 19.8 Å². The molecule has 0 radical (unpaired) electrons. The van der Waals surface area contributed by atoms with Gasteiger partial charge in [0.2, 0.25) is 11.8 Å². The van der Waals surface area contributed by atoms with Crippen molar-refractivity contribution in [3.8, 4) is 11.5 Å². The van der Waals surface area contributed by atoms with Crippen LogP contribution >= 0.6 is 0 Å². The molecule has 1 aliphatic rings. The van der Waals surface area contributed by atoms with Gasteiger partial charge in [0.1, 0.15) is 30.5 Å². The third-order valence-electron chi connectivity index (χ3n) is 5.30. The molecule has 3 amide bonds. The summed E-state index contributed by atoms with van der Waals surface area (Å²) in [5.74, 6) is 0.0831. The van der Waals surface area contributed by atoms with E-state index < -0.39 is 17.7 Å². The van der Waals surface area contributed by atoms with Gasteiger partial charge >= 0.3 is 0 Å². The Hall–Kier alpha value is -4.27. The van der Waals surface area contributed by atoms with Crippen LogP contribution in [0.1, 0.15) is 22.5 Å². The lowest BCUT2D eigenvalue weighted by Gasteiger charge is -2.16. The summed E-state index contributed by atoms with van der Waals surface area (Å²) in [6.07, 6.45) is 1.61. The molecular formula is C25H25N3O6. The predicted octanol–water partition coefficient (Wildman–Crippen LogP) is 2.55. The number of hydrazine groups is 1. The minimum atomic E-state index is -0.565. The molecule has 9 nitrogen and oxygen atoms in total. The fourth-order valence-corrected chi connectivity index (χ4v) is 3.59. The molecule has 1 atom stereocenters. The molecule has 1 unspecified atom stereocenters. The smallest absolute Gasteiger partial charge is 0.273 e. The van der Waals surface area contributed by atoms with Crippen LogP contribution in [0.2, 0.25) is 0 Å². The average Bonchev–Trinajstić information content (AvgIpc) is 3.51. The highest BCUT2D eigenvalue weighted by Crippen LogP contribution is 2.21. The van der Waals surface area contributed by atoms with Gasteiger partial charge in [0.25, 0.3) is 5.91 Å². The SMILES string of the molecule is O=C(NNC(=O)C1CC(=O)N(Cc2ccco2)C1)c1ccccc1OCCOc1ccccc1. The van der Waals surface area contributed by atoms with Crippen LogP contribution in [-0.2, 0) is 16.1 Å². The number of rotatable bonds is 9. The lowest BCUT2D eigenvalue weighted by molar-refractivity contribution is -0.129. The van der Waals surface area contributed by atoms with E-state index in [0.29, 0.717) is 24.7 Å². The maximum atomic E-state index is 12.7. The first-order chi connectivity index (χ1) is 16.6. The van der Waals surface area contributed by atoms with Crippen LogP contribution in [-0.4, -0.2) is 42.4 Å². The minimum Gasteiger partial charge on any atom is -0.490 e. The van der Waals surface area contributed by atoms with Crippen LogP contribution in [0.15, 0.2) is 77.4 Å². The number of nitrogens with one attached hydrogen (secondary N) is 2. The number of hydrogen-bond donors (Lipinski definition) is 2. The molecule has 1 aromatic heterocycles. The Morgan fingerprint density at radius 3 is 2.50 bits per heavy atom. The molecule has 1 aliphatic heterocycles. The summed E-state index contributed by atoms with van der Waals surface area (Å²) < 4.78 is 16.6. The van der Waals surface area contributed by atoms with Crippen molar-refractivity contribution in [2.45, 2.75) is 13.0 Å². The zero-order valence-corrected chi connectivity index (χ0v) is 18.4. The predicted molar refractivity (Wildman–Crippen MR) is 122 cm³/mol. The summed E-state index contributed by atoms with van der Waals surface area (Å²) in [6, 6.07) is 19.6. The Bertz CT molecular complexity index is 1120. The van der Waals surface area contributed by atoms with Gasteiger partial charge in [-0.05, 0) is 36.4 Å². The fourth-order valence-electron chi connectivity index (χ4n) is 3.59. The van der Waals surface area contributed by atoms with E-state index in [4.69, 9.17) is 13.9 Å². The Morgan fingerprint density at radius 1 is 0.941 bits per heavy atom. The number of nitrogens with zero attached hydrogens (tertiary/aromatic N) is 1. The van der Waals surface area contributed by atoms with E-state index in [0.717, 1.165) is 5.75 Å². The third-order valence-corrected chi connectivity index (χ3v) is 5.30. The summed E-state index contributed by atoms with van der Waals surface area (Å²) >= 11 is 0. The molecule has 2 N–H and O–H groups in total. The standard InChI is InChI=1S/C25H25N3O6/c29-23-15-18(16-28(23)17-20-9-6-12-32-20)24(30)26-27-25(31)21-10-4-5-11-22(21)34-14-13-33-19-7-2-1-3-8-19/h1-12,18H,13-17H2,(H,26,30)(H,27,31). The number of para-hydroxylation sites is 2. The second kappa shape index (κ2) is 11.0. The van der Waals surface area contributed by atoms with Crippen molar-refractivity contribution < 1.29 is 28.3 Å². The second-order valence-electron chi connectivity index (χ2n) is 7.70. The highest BCUT2D eigenvalue weighted by atomic mass is 16.5. The molecule has 3 aromatic rings.